The van der Waals surface area contributed by atoms with Gasteiger partial charge >= 0.3 is 0 Å². The van der Waals surface area contributed by atoms with E-state index in [-0.39, 0.29) is 24.9 Å². The van der Waals surface area contributed by atoms with Gasteiger partial charge in [-0.15, -0.1) is 0 Å². The first kappa shape index (κ1) is 22.9. The number of nitrogens with one attached hydrogen (secondary N) is 1. The lowest BCUT2D eigenvalue weighted by molar-refractivity contribution is -0.121. The Labute approximate surface area is 175 Å². The Morgan fingerprint density at radius 1 is 1.07 bits per heavy atom. The maximum absolute atomic E-state index is 12.5. The summed E-state index contributed by atoms with van der Waals surface area (Å²) in [4.78, 5) is 12.5. The van der Waals surface area contributed by atoms with Gasteiger partial charge in [0.25, 0.3) is 0 Å². The smallest absolute Gasteiger partial charge is 0.232 e. The Bertz CT molecular complexity index is 954. The molecule has 0 bridgehead atoms. The number of nitrogens with zero attached hydrogens (tertiary/aromatic N) is 1. The molecular weight excluding hydrogens is 384 g/mol. The van der Waals surface area contributed by atoms with Crippen molar-refractivity contribution in [3.63, 3.8) is 0 Å². The third-order valence-corrected chi connectivity index (χ3v) is 6.19. The van der Waals surface area contributed by atoms with Crippen LogP contribution in [0.3, 0.4) is 0 Å². The molecule has 158 valence electrons. The highest BCUT2D eigenvalue weighted by Crippen LogP contribution is 2.22. The topological polar surface area (TPSA) is 66.5 Å². The van der Waals surface area contributed by atoms with E-state index >= 15 is 0 Å². The number of hydrogen-bond donors (Lipinski definition) is 1. The van der Waals surface area contributed by atoms with Crippen LogP contribution in [0.15, 0.2) is 42.5 Å². The first-order valence-electron chi connectivity index (χ1n) is 10.0. The summed E-state index contributed by atoms with van der Waals surface area (Å²) in [6, 6.07) is 13.6. The summed E-state index contributed by atoms with van der Waals surface area (Å²) in [5, 5.41) is 3.10. The first-order chi connectivity index (χ1) is 13.6. The van der Waals surface area contributed by atoms with Gasteiger partial charge < -0.3 is 5.32 Å². The molecule has 0 spiro atoms. The molecule has 0 heterocycles. The SMILES string of the molecule is CCC(NC(=O)CCCN(c1cccc(C)c1)S(C)(=O)=O)c1ccc(C)cc1C. The normalized spacial score (nSPS) is 12.4. The van der Waals surface area contributed by atoms with E-state index in [0.717, 1.165) is 17.5 Å². The molecule has 0 aliphatic rings. The highest BCUT2D eigenvalue weighted by atomic mass is 32.2. The van der Waals surface area contributed by atoms with Crippen molar-refractivity contribution in [2.75, 3.05) is 17.1 Å². The molecule has 2 aromatic rings. The summed E-state index contributed by atoms with van der Waals surface area (Å²) in [7, 11) is -3.41. The quantitative estimate of drug-likeness (QED) is 0.658. The molecule has 2 aromatic carbocycles. The zero-order valence-electron chi connectivity index (χ0n) is 18.0. The number of anilines is 1. The Morgan fingerprint density at radius 2 is 1.76 bits per heavy atom. The third kappa shape index (κ3) is 6.60. The van der Waals surface area contributed by atoms with Crippen molar-refractivity contribution in [3.8, 4) is 0 Å². The van der Waals surface area contributed by atoms with Gasteiger partial charge in [0, 0.05) is 13.0 Å². The molecule has 0 fully saturated rings. The van der Waals surface area contributed by atoms with Crippen LogP contribution in [0, 0.1) is 20.8 Å². The molecular formula is C23H32N2O3S. The summed E-state index contributed by atoms with van der Waals surface area (Å²) < 4.78 is 25.8. The number of carbonyl (C=O) groups is 1. The average Bonchev–Trinajstić information content (AvgIpc) is 2.62. The van der Waals surface area contributed by atoms with Gasteiger partial charge in [0.15, 0.2) is 0 Å². The van der Waals surface area contributed by atoms with Crippen molar-refractivity contribution >= 4 is 21.6 Å². The maximum Gasteiger partial charge on any atom is 0.232 e. The number of aryl methyl sites for hydroxylation is 3. The maximum atomic E-state index is 12.5. The van der Waals surface area contributed by atoms with Gasteiger partial charge in [-0.2, -0.15) is 0 Å². The minimum atomic E-state index is -3.41. The van der Waals surface area contributed by atoms with E-state index in [1.807, 2.05) is 32.0 Å². The number of benzene rings is 2. The summed E-state index contributed by atoms with van der Waals surface area (Å²) in [6.07, 6.45) is 2.73. The van der Waals surface area contributed by atoms with E-state index in [4.69, 9.17) is 0 Å². The standard InChI is InChI=1S/C23H32N2O3S/c1-6-22(21-13-12-18(3)15-19(21)4)24-23(26)11-8-14-25(29(5,27)28)20-10-7-9-17(2)16-20/h7,9-10,12-13,15-16,22H,6,8,11,14H2,1-5H3,(H,24,26). The molecule has 29 heavy (non-hydrogen) atoms. The summed E-state index contributed by atoms with van der Waals surface area (Å²) >= 11 is 0. The first-order valence-corrected chi connectivity index (χ1v) is 11.9. The van der Waals surface area contributed by atoms with Crippen molar-refractivity contribution in [2.45, 2.75) is 53.0 Å². The second kappa shape index (κ2) is 9.92. The number of sulfonamides is 1. The fourth-order valence-electron chi connectivity index (χ4n) is 3.54. The van der Waals surface area contributed by atoms with Gasteiger partial charge in [-0.05, 0) is 62.4 Å². The van der Waals surface area contributed by atoms with Crippen LogP contribution in [0.5, 0.6) is 0 Å². The highest BCUT2D eigenvalue weighted by molar-refractivity contribution is 7.92. The minimum absolute atomic E-state index is 0.0362. The molecule has 0 saturated carbocycles. The van der Waals surface area contributed by atoms with E-state index in [9.17, 15) is 13.2 Å². The minimum Gasteiger partial charge on any atom is -0.349 e. The number of carbonyl (C=O) groups excluding carboxylic acids is 1. The molecule has 2 rings (SSSR count). The number of hydrogen-bond acceptors (Lipinski definition) is 3. The number of rotatable bonds is 9. The van der Waals surface area contributed by atoms with Crippen molar-refractivity contribution in [1.29, 1.82) is 0 Å². The molecule has 1 unspecified atom stereocenters. The Balaban J connectivity index is 1.99. The Kier molecular flexibility index (Phi) is 7.85. The van der Waals surface area contributed by atoms with Crippen LogP contribution in [0.4, 0.5) is 5.69 Å². The zero-order chi connectivity index (χ0) is 21.6. The van der Waals surface area contributed by atoms with Crippen molar-refractivity contribution in [1.82, 2.24) is 5.32 Å². The van der Waals surface area contributed by atoms with Crippen LogP contribution >= 0.6 is 0 Å². The van der Waals surface area contributed by atoms with Crippen LogP contribution in [-0.4, -0.2) is 27.1 Å². The fraction of sp³-hybridized carbons (Fsp3) is 0.435. The van der Waals surface area contributed by atoms with Crippen molar-refractivity contribution in [3.05, 3.63) is 64.7 Å². The molecule has 0 radical (unpaired) electrons. The van der Waals surface area contributed by atoms with Crippen LogP contribution in [0.1, 0.15) is 54.5 Å². The molecule has 0 aliphatic carbocycles. The largest absolute Gasteiger partial charge is 0.349 e. The summed E-state index contributed by atoms with van der Waals surface area (Å²) in [5.74, 6) is -0.0606. The molecule has 0 saturated heterocycles. The van der Waals surface area contributed by atoms with Crippen molar-refractivity contribution in [2.24, 2.45) is 0 Å². The van der Waals surface area contributed by atoms with E-state index in [0.29, 0.717) is 12.1 Å². The molecule has 1 amide bonds. The van der Waals surface area contributed by atoms with E-state index in [1.165, 1.54) is 21.7 Å². The van der Waals surface area contributed by atoms with Gasteiger partial charge in [-0.3, -0.25) is 9.10 Å². The summed E-state index contributed by atoms with van der Waals surface area (Å²) in [5.41, 5.74) is 5.12. The summed E-state index contributed by atoms with van der Waals surface area (Å²) in [6.45, 7) is 8.36. The zero-order valence-corrected chi connectivity index (χ0v) is 18.8. The second-order valence-electron chi connectivity index (χ2n) is 7.67. The molecule has 0 aromatic heterocycles. The van der Waals surface area contributed by atoms with Gasteiger partial charge in [0.1, 0.15) is 0 Å². The molecule has 6 heteroatoms. The third-order valence-electron chi connectivity index (χ3n) is 5.00. The van der Waals surface area contributed by atoms with Gasteiger partial charge in [-0.1, -0.05) is 42.8 Å². The Morgan fingerprint density at radius 3 is 2.34 bits per heavy atom. The molecule has 5 nitrogen and oxygen atoms in total. The highest BCUT2D eigenvalue weighted by Gasteiger charge is 2.19. The lowest BCUT2D eigenvalue weighted by atomic mass is 9.97. The van der Waals surface area contributed by atoms with Crippen LogP contribution in [-0.2, 0) is 14.8 Å². The van der Waals surface area contributed by atoms with E-state index in [1.54, 1.807) is 6.07 Å². The monoisotopic (exact) mass is 416 g/mol. The second-order valence-corrected chi connectivity index (χ2v) is 9.57. The number of amides is 1. The van der Waals surface area contributed by atoms with Crippen LogP contribution in [0.25, 0.3) is 0 Å². The van der Waals surface area contributed by atoms with Gasteiger partial charge in [0.05, 0.1) is 18.0 Å². The molecule has 1 N–H and O–H groups in total. The van der Waals surface area contributed by atoms with Crippen molar-refractivity contribution < 1.29 is 13.2 Å². The Hall–Kier alpha value is -2.34. The van der Waals surface area contributed by atoms with Gasteiger partial charge in [0.2, 0.25) is 15.9 Å². The predicted molar refractivity (Wildman–Crippen MR) is 120 cm³/mol. The van der Waals surface area contributed by atoms with E-state index in [2.05, 4.69) is 37.4 Å². The predicted octanol–water partition coefficient (Wildman–Crippen LogP) is 4.43. The lowest BCUT2D eigenvalue weighted by Gasteiger charge is -2.23. The molecule has 0 aliphatic heterocycles. The van der Waals surface area contributed by atoms with Crippen LogP contribution < -0.4 is 9.62 Å². The van der Waals surface area contributed by atoms with E-state index < -0.39 is 10.0 Å². The average molecular weight is 417 g/mol. The van der Waals surface area contributed by atoms with Gasteiger partial charge in [-0.25, -0.2) is 8.42 Å². The lowest BCUT2D eigenvalue weighted by Crippen LogP contribution is -2.33. The molecule has 1 atom stereocenters. The van der Waals surface area contributed by atoms with Crippen LogP contribution in [0.2, 0.25) is 0 Å². The fourth-order valence-corrected chi connectivity index (χ4v) is 4.49.